The second kappa shape index (κ2) is 3.05. The van der Waals surface area contributed by atoms with E-state index < -0.39 is 0 Å². The molecule has 1 aromatic carbocycles. The molecule has 1 aromatic rings. The van der Waals surface area contributed by atoms with Gasteiger partial charge in [0, 0.05) is 5.56 Å². The van der Waals surface area contributed by atoms with Crippen LogP contribution in [0.2, 0.25) is 0 Å². The van der Waals surface area contributed by atoms with E-state index in [0.717, 1.165) is 5.71 Å². The van der Waals surface area contributed by atoms with E-state index in [1.165, 1.54) is 11.1 Å². The van der Waals surface area contributed by atoms with Crippen molar-refractivity contribution in [2.45, 2.75) is 11.0 Å². The van der Waals surface area contributed by atoms with Gasteiger partial charge in [-0.15, -0.1) is 0 Å². The van der Waals surface area contributed by atoms with Crippen LogP contribution in [0.5, 0.6) is 0 Å². The summed E-state index contributed by atoms with van der Waals surface area (Å²) in [6, 6.07) is 8.36. The van der Waals surface area contributed by atoms with Crippen LogP contribution in [0.25, 0.3) is 0 Å². The lowest BCUT2D eigenvalue weighted by molar-refractivity contribution is 0.733. The van der Waals surface area contributed by atoms with E-state index in [4.69, 9.17) is 0 Å². The predicted molar refractivity (Wildman–Crippen MR) is 58.5 cm³/mol. The highest BCUT2D eigenvalue weighted by molar-refractivity contribution is 14.1. The fourth-order valence-electron chi connectivity index (χ4n) is 1.33. The molecule has 0 saturated carbocycles. The molecule has 0 amide bonds. The van der Waals surface area contributed by atoms with Crippen LogP contribution in [0.15, 0.2) is 29.4 Å². The van der Waals surface area contributed by atoms with Crippen molar-refractivity contribution in [1.29, 1.82) is 0 Å². The van der Waals surface area contributed by atoms with Gasteiger partial charge in [0.1, 0.15) is 4.05 Å². The molecule has 1 aliphatic rings. The monoisotopic (exact) mass is 272 g/mol. The molecule has 0 spiro atoms. The topological polar surface area (TPSA) is 24.4 Å². The maximum atomic E-state index is 4.21. The van der Waals surface area contributed by atoms with Crippen molar-refractivity contribution < 1.29 is 0 Å². The molecule has 0 radical (unpaired) electrons. The molecule has 1 N–H and O–H groups in total. The average Bonchev–Trinajstić information content (AvgIpc) is 2.12. The third-order valence-electron chi connectivity index (χ3n) is 1.97. The fourth-order valence-corrected chi connectivity index (χ4v) is 2.01. The number of benzene rings is 1. The lowest BCUT2D eigenvalue weighted by Crippen LogP contribution is -2.20. The summed E-state index contributed by atoms with van der Waals surface area (Å²) in [6.45, 7) is 2.02. The number of hydrazone groups is 1. The third-order valence-corrected chi connectivity index (χ3v) is 2.92. The van der Waals surface area contributed by atoms with Crippen LogP contribution in [-0.4, -0.2) is 5.71 Å². The first-order valence-corrected chi connectivity index (χ1v) is 5.07. The van der Waals surface area contributed by atoms with Gasteiger partial charge in [0.2, 0.25) is 0 Å². The molecule has 0 bridgehead atoms. The first kappa shape index (κ1) is 8.04. The van der Waals surface area contributed by atoms with Crippen LogP contribution >= 0.6 is 22.6 Å². The molecule has 2 nitrogen and oxygen atoms in total. The Labute approximate surface area is 85.2 Å². The maximum Gasteiger partial charge on any atom is 0.121 e. The van der Waals surface area contributed by atoms with Crippen molar-refractivity contribution in [3.63, 3.8) is 0 Å². The highest BCUT2D eigenvalue weighted by Gasteiger charge is 2.16. The molecule has 1 heterocycles. The number of nitrogens with one attached hydrogen (secondary N) is 1. The summed E-state index contributed by atoms with van der Waals surface area (Å²) in [5.74, 6) is 0. The summed E-state index contributed by atoms with van der Waals surface area (Å²) >= 11 is 2.34. The molecule has 1 unspecified atom stereocenters. The van der Waals surface area contributed by atoms with Crippen molar-refractivity contribution in [1.82, 2.24) is 5.43 Å². The predicted octanol–water partition coefficient (Wildman–Crippen LogP) is 2.45. The van der Waals surface area contributed by atoms with Crippen molar-refractivity contribution in [3.8, 4) is 0 Å². The molecule has 3 heteroatoms. The molecule has 0 aliphatic carbocycles. The molecule has 2 rings (SSSR count). The van der Waals surface area contributed by atoms with Crippen molar-refractivity contribution in [3.05, 3.63) is 35.4 Å². The standard InChI is InChI=1S/C9H9IN2/c1-6-7-4-2-3-5-8(7)9(10)12-11-6/h2-5,9,12H,1H3. The minimum Gasteiger partial charge on any atom is -0.292 e. The summed E-state index contributed by atoms with van der Waals surface area (Å²) in [4.78, 5) is 0. The molecule has 0 saturated heterocycles. The number of fused-ring (bicyclic) bond motifs is 1. The minimum atomic E-state index is 0.308. The van der Waals surface area contributed by atoms with Crippen molar-refractivity contribution in [2.75, 3.05) is 0 Å². The van der Waals surface area contributed by atoms with Gasteiger partial charge >= 0.3 is 0 Å². The SMILES string of the molecule is CC1=NNC(I)c2ccccc21. The molecular weight excluding hydrogens is 263 g/mol. The van der Waals surface area contributed by atoms with Gasteiger partial charge in [-0.1, -0.05) is 46.9 Å². The molecule has 0 fully saturated rings. The summed E-state index contributed by atoms with van der Waals surface area (Å²) in [6.07, 6.45) is 0. The summed E-state index contributed by atoms with van der Waals surface area (Å²) in [5, 5.41) is 4.21. The lowest BCUT2D eigenvalue weighted by atomic mass is 10.0. The molecule has 1 atom stereocenters. The Balaban J connectivity index is 2.58. The Morgan fingerprint density at radius 2 is 2.17 bits per heavy atom. The number of hydrogen-bond acceptors (Lipinski definition) is 2. The van der Waals surface area contributed by atoms with E-state index in [1.54, 1.807) is 0 Å². The minimum absolute atomic E-state index is 0.308. The summed E-state index contributed by atoms with van der Waals surface area (Å²) < 4.78 is 0.308. The number of nitrogens with zero attached hydrogens (tertiary/aromatic N) is 1. The molecule has 1 aliphatic heterocycles. The van der Waals surface area contributed by atoms with E-state index in [9.17, 15) is 0 Å². The smallest absolute Gasteiger partial charge is 0.121 e. The Morgan fingerprint density at radius 3 is 2.92 bits per heavy atom. The second-order valence-electron chi connectivity index (χ2n) is 2.78. The third kappa shape index (κ3) is 1.22. The molecule has 12 heavy (non-hydrogen) atoms. The van der Waals surface area contributed by atoms with Crippen molar-refractivity contribution in [2.24, 2.45) is 5.10 Å². The zero-order valence-corrected chi connectivity index (χ0v) is 8.87. The van der Waals surface area contributed by atoms with Gasteiger partial charge in [0.15, 0.2) is 0 Å². The number of hydrogen-bond donors (Lipinski definition) is 1. The van der Waals surface area contributed by atoms with E-state index in [-0.39, 0.29) is 0 Å². The van der Waals surface area contributed by atoms with Gasteiger partial charge < -0.3 is 0 Å². The highest BCUT2D eigenvalue weighted by atomic mass is 127. The maximum absolute atomic E-state index is 4.21. The van der Waals surface area contributed by atoms with Gasteiger partial charge in [0.05, 0.1) is 5.71 Å². The summed E-state index contributed by atoms with van der Waals surface area (Å²) in [5.41, 5.74) is 6.72. The van der Waals surface area contributed by atoms with Gasteiger partial charge in [-0.05, 0) is 12.5 Å². The van der Waals surface area contributed by atoms with Crippen LogP contribution < -0.4 is 5.43 Å². The van der Waals surface area contributed by atoms with E-state index >= 15 is 0 Å². The number of alkyl halides is 1. The van der Waals surface area contributed by atoms with Crippen LogP contribution in [0.1, 0.15) is 22.1 Å². The highest BCUT2D eigenvalue weighted by Crippen LogP contribution is 2.27. The molecule has 62 valence electrons. The van der Waals surface area contributed by atoms with Crippen LogP contribution in [0, 0.1) is 0 Å². The molecular formula is C9H9IN2. The van der Waals surface area contributed by atoms with Crippen LogP contribution in [0.3, 0.4) is 0 Å². The Kier molecular flexibility index (Phi) is 2.04. The van der Waals surface area contributed by atoms with Crippen molar-refractivity contribution >= 4 is 28.3 Å². The fraction of sp³-hybridized carbons (Fsp3) is 0.222. The first-order chi connectivity index (χ1) is 5.79. The zero-order chi connectivity index (χ0) is 8.55. The van der Waals surface area contributed by atoms with E-state index in [1.807, 2.05) is 13.0 Å². The zero-order valence-electron chi connectivity index (χ0n) is 6.71. The van der Waals surface area contributed by atoms with Crippen LogP contribution in [0.4, 0.5) is 0 Å². The Morgan fingerprint density at radius 1 is 1.42 bits per heavy atom. The van der Waals surface area contributed by atoms with Gasteiger partial charge in [-0.2, -0.15) is 5.10 Å². The lowest BCUT2D eigenvalue weighted by Gasteiger charge is -2.19. The number of rotatable bonds is 0. The molecule has 0 aromatic heterocycles. The van der Waals surface area contributed by atoms with Crippen LogP contribution in [-0.2, 0) is 0 Å². The van der Waals surface area contributed by atoms with E-state index in [0.29, 0.717) is 4.05 Å². The largest absolute Gasteiger partial charge is 0.292 e. The van der Waals surface area contributed by atoms with Gasteiger partial charge in [-0.3, -0.25) is 5.43 Å². The first-order valence-electron chi connectivity index (χ1n) is 3.82. The van der Waals surface area contributed by atoms with E-state index in [2.05, 4.69) is 51.3 Å². The van der Waals surface area contributed by atoms with Gasteiger partial charge in [-0.25, -0.2) is 0 Å². The second-order valence-corrected chi connectivity index (χ2v) is 4.02. The Hall–Kier alpha value is -0.580. The quantitative estimate of drug-likeness (QED) is 0.438. The normalized spacial score (nSPS) is 20.8. The Bertz CT molecular complexity index is 333. The number of halogens is 1. The average molecular weight is 272 g/mol. The summed E-state index contributed by atoms with van der Waals surface area (Å²) in [7, 11) is 0. The van der Waals surface area contributed by atoms with Gasteiger partial charge in [0.25, 0.3) is 0 Å².